The summed E-state index contributed by atoms with van der Waals surface area (Å²) >= 11 is 0. The van der Waals surface area contributed by atoms with Gasteiger partial charge in [0.25, 0.3) is 0 Å². The number of halogens is 1. The van der Waals surface area contributed by atoms with Gasteiger partial charge in [0.2, 0.25) is 15.9 Å². The van der Waals surface area contributed by atoms with E-state index in [9.17, 15) is 17.6 Å². The fraction of sp³-hybridized carbons (Fsp3) is 0.682. The summed E-state index contributed by atoms with van der Waals surface area (Å²) < 4.78 is 39.2. The Labute approximate surface area is 185 Å². The molecule has 1 aromatic carbocycles. The number of nitrogens with zero attached hydrogens (tertiary/aromatic N) is 3. The van der Waals surface area contributed by atoms with Gasteiger partial charge in [-0.1, -0.05) is 13.3 Å². The number of piperidine rings is 1. The summed E-state index contributed by atoms with van der Waals surface area (Å²) in [6.45, 7) is 7.83. The van der Waals surface area contributed by atoms with Gasteiger partial charge in [-0.05, 0) is 43.5 Å². The number of amides is 1. The average molecular weight is 455 g/mol. The first-order valence-electron chi connectivity index (χ1n) is 11.4. The number of nitrogens with one attached hydrogen (secondary N) is 1. The third kappa shape index (κ3) is 6.89. The van der Waals surface area contributed by atoms with Crippen molar-refractivity contribution in [2.24, 2.45) is 5.92 Å². The molecule has 0 saturated carbocycles. The largest absolute Gasteiger partial charge is 0.369 e. The van der Waals surface area contributed by atoms with E-state index in [0.29, 0.717) is 38.9 Å². The smallest absolute Gasteiger partial charge is 0.223 e. The van der Waals surface area contributed by atoms with Gasteiger partial charge < -0.3 is 10.2 Å². The topological polar surface area (TPSA) is 73.0 Å². The van der Waals surface area contributed by atoms with Gasteiger partial charge in [0, 0.05) is 64.0 Å². The Morgan fingerprint density at radius 3 is 2.32 bits per heavy atom. The van der Waals surface area contributed by atoms with Crippen molar-refractivity contribution in [2.75, 3.05) is 63.0 Å². The molecule has 7 nitrogen and oxygen atoms in total. The van der Waals surface area contributed by atoms with Crippen LogP contribution in [0.15, 0.2) is 24.3 Å². The fourth-order valence-corrected chi connectivity index (χ4v) is 5.89. The molecule has 0 bridgehead atoms. The highest BCUT2D eigenvalue weighted by Gasteiger charge is 2.30. The molecule has 174 valence electrons. The monoisotopic (exact) mass is 454 g/mol. The van der Waals surface area contributed by atoms with Gasteiger partial charge >= 0.3 is 0 Å². The first-order valence-corrected chi connectivity index (χ1v) is 13.0. The average Bonchev–Trinajstić information content (AvgIpc) is 2.79. The molecule has 9 heteroatoms. The lowest BCUT2D eigenvalue weighted by Crippen LogP contribution is -2.49. The summed E-state index contributed by atoms with van der Waals surface area (Å²) in [4.78, 5) is 17.1. The van der Waals surface area contributed by atoms with Crippen molar-refractivity contribution in [1.29, 1.82) is 0 Å². The fourth-order valence-electron chi connectivity index (χ4n) is 4.22. The van der Waals surface area contributed by atoms with E-state index in [1.165, 1.54) is 12.1 Å². The first-order chi connectivity index (χ1) is 14.9. The Bertz CT molecular complexity index is 803. The Hall–Kier alpha value is -1.71. The Morgan fingerprint density at radius 2 is 1.71 bits per heavy atom. The van der Waals surface area contributed by atoms with E-state index < -0.39 is 10.0 Å². The van der Waals surface area contributed by atoms with Crippen LogP contribution in [0.3, 0.4) is 0 Å². The van der Waals surface area contributed by atoms with E-state index in [1.807, 2.05) is 19.1 Å². The molecule has 3 rings (SSSR count). The molecule has 0 aromatic heterocycles. The number of piperazine rings is 1. The first kappa shape index (κ1) is 23.9. The van der Waals surface area contributed by atoms with Gasteiger partial charge in [0.1, 0.15) is 5.82 Å². The van der Waals surface area contributed by atoms with Crippen LogP contribution in [0.25, 0.3) is 0 Å². The minimum Gasteiger partial charge on any atom is -0.369 e. The maximum Gasteiger partial charge on any atom is 0.223 e. The molecular formula is C22H35FN4O3S. The number of carbonyl (C=O) groups excluding carboxylic acids is 1. The quantitative estimate of drug-likeness (QED) is 0.617. The van der Waals surface area contributed by atoms with Crippen LogP contribution in [0, 0.1) is 11.7 Å². The number of anilines is 1. The van der Waals surface area contributed by atoms with Crippen LogP contribution in [-0.2, 0) is 14.8 Å². The van der Waals surface area contributed by atoms with Crippen molar-refractivity contribution in [1.82, 2.24) is 14.5 Å². The maximum atomic E-state index is 13.1. The van der Waals surface area contributed by atoms with Crippen molar-refractivity contribution < 1.29 is 17.6 Å². The van der Waals surface area contributed by atoms with Crippen molar-refractivity contribution in [3.05, 3.63) is 30.1 Å². The highest BCUT2D eigenvalue weighted by molar-refractivity contribution is 7.89. The molecule has 2 heterocycles. The van der Waals surface area contributed by atoms with Crippen LogP contribution in [0.1, 0.15) is 32.6 Å². The van der Waals surface area contributed by atoms with Crippen molar-refractivity contribution in [3.8, 4) is 0 Å². The van der Waals surface area contributed by atoms with Gasteiger partial charge in [-0.2, -0.15) is 0 Å². The molecule has 0 atom stereocenters. The van der Waals surface area contributed by atoms with E-state index in [1.54, 1.807) is 4.31 Å². The molecule has 0 spiro atoms. The molecule has 31 heavy (non-hydrogen) atoms. The standard InChI is InChI=1S/C22H35FN4O3S/c1-2-3-18-31(29,30)27-11-8-19(9-12-27)22(28)24-10-13-25-14-16-26(17-15-25)21-6-4-20(23)5-7-21/h4-7,19H,2-3,8-18H2,1H3,(H,24,28). The summed E-state index contributed by atoms with van der Waals surface area (Å²) in [7, 11) is -3.18. The van der Waals surface area contributed by atoms with E-state index in [4.69, 9.17) is 0 Å². The van der Waals surface area contributed by atoms with E-state index in [0.717, 1.165) is 44.8 Å². The summed E-state index contributed by atoms with van der Waals surface area (Å²) in [5.74, 6) is -0.0835. The molecule has 1 aromatic rings. The molecule has 0 unspecified atom stereocenters. The maximum absolute atomic E-state index is 13.1. The molecule has 2 saturated heterocycles. The van der Waals surface area contributed by atoms with Crippen LogP contribution in [-0.4, -0.2) is 81.6 Å². The Kier molecular flexibility index (Phi) is 8.68. The number of hydrogen-bond acceptors (Lipinski definition) is 5. The zero-order chi connectivity index (χ0) is 22.3. The molecule has 2 fully saturated rings. The molecule has 0 radical (unpaired) electrons. The third-order valence-corrected chi connectivity index (χ3v) is 8.22. The summed E-state index contributed by atoms with van der Waals surface area (Å²) in [5, 5.41) is 3.03. The van der Waals surface area contributed by atoms with Crippen LogP contribution >= 0.6 is 0 Å². The van der Waals surface area contributed by atoms with E-state index in [2.05, 4.69) is 15.1 Å². The highest BCUT2D eigenvalue weighted by Crippen LogP contribution is 2.21. The van der Waals surface area contributed by atoms with E-state index >= 15 is 0 Å². The number of sulfonamides is 1. The van der Waals surface area contributed by atoms with Crippen LogP contribution in [0.4, 0.5) is 10.1 Å². The lowest BCUT2D eigenvalue weighted by Gasteiger charge is -2.36. The lowest BCUT2D eigenvalue weighted by molar-refractivity contribution is -0.126. The third-order valence-electron chi connectivity index (χ3n) is 6.27. The van der Waals surface area contributed by atoms with Gasteiger partial charge in [-0.15, -0.1) is 0 Å². The predicted molar refractivity (Wildman–Crippen MR) is 121 cm³/mol. The molecular weight excluding hydrogens is 419 g/mol. The number of carbonyl (C=O) groups is 1. The van der Waals surface area contributed by atoms with Crippen molar-refractivity contribution in [3.63, 3.8) is 0 Å². The minimum atomic E-state index is -3.18. The lowest BCUT2D eigenvalue weighted by atomic mass is 9.97. The van der Waals surface area contributed by atoms with Crippen LogP contribution in [0.2, 0.25) is 0 Å². The molecule has 1 N–H and O–H groups in total. The minimum absolute atomic E-state index is 0.0376. The van der Waals surface area contributed by atoms with Crippen LogP contribution in [0.5, 0.6) is 0 Å². The summed E-state index contributed by atoms with van der Waals surface area (Å²) in [6.07, 6.45) is 2.72. The van der Waals surface area contributed by atoms with Crippen molar-refractivity contribution >= 4 is 21.6 Å². The van der Waals surface area contributed by atoms with Crippen molar-refractivity contribution in [2.45, 2.75) is 32.6 Å². The molecule has 0 aliphatic carbocycles. The van der Waals surface area contributed by atoms with Crippen LogP contribution < -0.4 is 10.2 Å². The summed E-state index contributed by atoms with van der Waals surface area (Å²) in [5.41, 5.74) is 1.04. The molecule has 1 amide bonds. The summed E-state index contributed by atoms with van der Waals surface area (Å²) in [6, 6.07) is 6.60. The highest BCUT2D eigenvalue weighted by atomic mass is 32.2. The predicted octanol–water partition coefficient (Wildman–Crippen LogP) is 1.91. The Morgan fingerprint density at radius 1 is 1.06 bits per heavy atom. The van der Waals surface area contributed by atoms with Gasteiger partial charge in [0.05, 0.1) is 5.75 Å². The van der Waals surface area contributed by atoms with E-state index in [-0.39, 0.29) is 23.4 Å². The van der Waals surface area contributed by atoms with Gasteiger partial charge in [-0.3, -0.25) is 9.69 Å². The Balaban J connectivity index is 1.33. The second-order valence-electron chi connectivity index (χ2n) is 8.44. The molecule has 2 aliphatic rings. The number of hydrogen-bond donors (Lipinski definition) is 1. The second-order valence-corrected chi connectivity index (χ2v) is 10.5. The second kappa shape index (κ2) is 11.2. The zero-order valence-corrected chi connectivity index (χ0v) is 19.2. The number of rotatable bonds is 9. The van der Waals surface area contributed by atoms with Gasteiger partial charge in [0.15, 0.2) is 0 Å². The number of unbranched alkanes of at least 4 members (excludes halogenated alkanes) is 1. The zero-order valence-electron chi connectivity index (χ0n) is 18.4. The normalized spacial score (nSPS) is 19.5. The molecule has 2 aliphatic heterocycles. The van der Waals surface area contributed by atoms with Gasteiger partial charge in [-0.25, -0.2) is 17.1 Å². The number of benzene rings is 1. The SMILES string of the molecule is CCCCS(=O)(=O)N1CCC(C(=O)NCCN2CCN(c3ccc(F)cc3)CC2)CC1.